The lowest BCUT2D eigenvalue weighted by Crippen LogP contribution is -1.71. The standard InChI is InChI=1S/C6H4S7/c1-2-4-6-5(3-1)7-9-11-13-12-10-8-6/h1-4H. The third kappa shape index (κ3) is 3.62. The summed E-state index contributed by atoms with van der Waals surface area (Å²) in [7, 11) is 12.9. The normalized spacial score (nSPS) is 18.2. The molecule has 0 aromatic heterocycles. The van der Waals surface area contributed by atoms with Crippen LogP contribution in [0.4, 0.5) is 0 Å². The Balaban J connectivity index is 2.17. The molecule has 1 aromatic carbocycles. The lowest BCUT2D eigenvalue weighted by atomic mass is 10.4. The molecule has 0 nitrogen and oxygen atoms in total. The highest BCUT2D eigenvalue weighted by Gasteiger charge is 2.07. The van der Waals surface area contributed by atoms with Gasteiger partial charge in [-0.15, -0.1) is 0 Å². The van der Waals surface area contributed by atoms with E-state index in [1.165, 1.54) is 9.79 Å². The maximum Gasteiger partial charge on any atom is 0.0336 e. The zero-order chi connectivity index (χ0) is 8.93. The summed E-state index contributed by atoms with van der Waals surface area (Å²) >= 11 is 0. The van der Waals surface area contributed by atoms with Gasteiger partial charge in [0.2, 0.25) is 0 Å². The van der Waals surface area contributed by atoms with Crippen molar-refractivity contribution in [1.29, 1.82) is 0 Å². The quantitative estimate of drug-likeness (QED) is 0.529. The molecule has 0 amide bonds. The Hall–Kier alpha value is 1.67. The van der Waals surface area contributed by atoms with Crippen molar-refractivity contribution in [3.8, 4) is 0 Å². The summed E-state index contributed by atoms with van der Waals surface area (Å²) < 4.78 is 0. The number of hydrogen-bond acceptors (Lipinski definition) is 7. The van der Waals surface area contributed by atoms with Crippen LogP contribution >= 0.6 is 70.7 Å². The highest BCUT2D eigenvalue weighted by Crippen LogP contribution is 2.60. The molecule has 0 N–H and O–H groups in total. The predicted octanol–water partition coefficient (Wildman–Crippen LogP) is 6.04. The smallest absolute Gasteiger partial charge is 0.0336 e. The van der Waals surface area contributed by atoms with Crippen molar-refractivity contribution in [2.75, 3.05) is 0 Å². The van der Waals surface area contributed by atoms with Crippen LogP contribution in [0.5, 0.6) is 0 Å². The maximum atomic E-state index is 2.18. The molecule has 1 heterocycles. The molecular formula is C6H4S7. The second-order valence-corrected chi connectivity index (χ2v) is 13.0. The maximum absolute atomic E-state index is 2.18. The third-order valence-electron chi connectivity index (χ3n) is 1.21. The molecule has 0 fully saturated rings. The fourth-order valence-electron chi connectivity index (χ4n) is 0.723. The van der Waals surface area contributed by atoms with Gasteiger partial charge in [0.25, 0.3) is 0 Å². The van der Waals surface area contributed by atoms with Gasteiger partial charge in [0.05, 0.1) is 0 Å². The minimum absolute atomic E-state index is 1.38. The first kappa shape index (κ1) is 11.2. The molecule has 2 rings (SSSR count). The molecule has 1 aliphatic rings. The molecule has 0 unspecified atom stereocenters. The summed E-state index contributed by atoms with van der Waals surface area (Å²) in [5, 5.41) is 0. The number of fused-ring (bicyclic) bond motifs is 1. The Labute approximate surface area is 104 Å². The van der Waals surface area contributed by atoms with Crippen LogP contribution < -0.4 is 0 Å². The first-order valence-corrected chi connectivity index (χ1v) is 12.1. The lowest BCUT2D eigenvalue weighted by Gasteiger charge is -2.02. The molecule has 0 aliphatic carbocycles. The van der Waals surface area contributed by atoms with Crippen LogP contribution in [0, 0.1) is 0 Å². The van der Waals surface area contributed by atoms with E-state index in [2.05, 4.69) is 24.3 Å². The van der Waals surface area contributed by atoms with Crippen molar-refractivity contribution in [3.05, 3.63) is 24.3 Å². The van der Waals surface area contributed by atoms with Crippen molar-refractivity contribution in [3.63, 3.8) is 0 Å². The van der Waals surface area contributed by atoms with E-state index in [1.807, 2.05) is 70.7 Å². The van der Waals surface area contributed by atoms with Gasteiger partial charge in [0.1, 0.15) is 0 Å². The van der Waals surface area contributed by atoms with Gasteiger partial charge in [-0.25, -0.2) is 0 Å². The molecule has 1 aliphatic heterocycles. The monoisotopic (exact) mass is 300 g/mol. The number of rotatable bonds is 0. The van der Waals surface area contributed by atoms with Crippen molar-refractivity contribution in [2.45, 2.75) is 9.79 Å². The number of hydrogen-bond donors (Lipinski definition) is 0. The van der Waals surface area contributed by atoms with Crippen molar-refractivity contribution in [1.82, 2.24) is 0 Å². The fraction of sp³-hybridized carbons (Fsp3) is 0. The largest absolute Gasteiger partial charge is 0.0610 e. The zero-order valence-corrected chi connectivity index (χ0v) is 11.9. The van der Waals surface area contributed by atoms with E-state index >= 15 is 0 Å². The summed E-state index contributed by atoms with van der Waals surface area (Å²) in [4.78, 5) is 2.75. The zero-order valence-electron chi connectivity index (χ0n) is 6.17. The van der Waals surface area contributed by atoms with E-state index in [1.54, 1.807) is 0 Å². The minimum Gasteiger partial charge on any atom is -0.0610 e. The average Bonchev–Trinajstić information content (AvgIpc) is 2.28. The molecule has 0 spiro atoms. The molecule has 1 aromatic rings. The SMILES string of the molecule is c1ccc2c(c1)SSSSSSS2. The van der Waals surface area contributed by atoms with Crippen LogP contribution in [-0.2, 0) is 0 Å². The molecule has 0 saturated heterocycles. The van der Waals surface area contributed by atoms with E-state index in [9.17, 15) is 0 Å². The highest BCUT2D eigenvalue weighted by molar-refractivity contribution is 9.46. The first-order chi connectivity index (χ1) is 6.47. The van der Waals surface area contributed by atoms with Gasteiger partial charge in [-0.2, -0.15) is 0 Å². The topological polar surface area (TPSA) is 0 Å². The molecule has 0 atom stereocenters. The van der Waals surface area contributed by atoms with Gasteiger partial charge < -0.3 is 0 Å². The lowest BCUT2D eigenvalue weighted by molar-refractivity contribution is 1.27. The fourth-order valence-corrected chi connectivity index (χ4v) is 15.1. The predicted molar refractivity (Wildman–Crippen MR) is 76.1 cm³/mol. The van der Waals surface area contributed by atoms with Crippen LogP contribution in [0.15, 0.2) is 34.1 Å². The Morgan fingerprint density at radius 3 is 1.62 bits per heavy atom. The van der Waals surface area contributed by atoms with Gasteiger partial charge in [-0.05, 0) is 82.9 Å². The van der Waals surface area contributed by atoms with E-state index in [0.717, 1.165) is 0 Å². The molecule has 0 bridgehead atoms. The van der Waals surface area contributed by atoms with Gasteiger partial charge in [0, 0.05) is 9.79 Å². The van der Waals surface area contributed by atoms with Crippen LogP contribution in [0.1, 0.15) is 0 Å². The van der Waals surface area contributed by atoms with E-state index in [4.69, 9.17) is 0 Å². The van der Waals surface area contributed by atoms with E-state index in [-0.39, 0.29) is 0 Å². The van der Waals surface area contributed by atoms with Crippen LogP contribution in [-0.4, -0.2) is 0 Å². The summed E-state index contributed by atoms with van der Waals surface area (Å²) in [5.41, 5.74) is 0. The molecular weight excluding hydrogens is 297 g/mol. The van der Waals surface area contributed by atoms with Crippen molar-refractivity contribution >= 4 is 70.7 Å². The molecule has 0 radical (unpaired) electrons. The Bertz CT molecular complexity index is 248. The van der Waals surface area contributed by atoms with E-state index < -0.39 is 0 Å². The summed E-state index contributed by atoms with van der Waals surface area (Å²) in [6.07, 6.45) is 0. The Morgan fingerprint density at radius 2 is 1.08 bits per heavy atom. The molecule has 70 valence electrons. The van der Waals surface area contributed by atoms with Gasteiger partial charge >= 0.3 is 0 Å². The van der Waals surface area contributed by atoms with Gasteiger partial charge in [-0.3, -0.25) is 0 Å². The van der Waals surface area contributed by atoms with E-state index in [0.29, 0.717) is 0 Å². The average molecular weight is 301 g/mol. The van der Waals surface area contributed by atoms with Crippen LogP contribution in [0.3, 0.4) is 0 Å². The number of benzene rings is 1. The summed E-state index contributed by atoms with van der Waals surface area (Å²) in [6.45, 7) is 0. The Morgan fingerprint density at radius 1 is 0.615 bits per heavy atom. The Kier molecular flexibility index (Phi) is 5.41. The van der Waals surface area contributed by atoms with Crippen molar-refractivity contribution < 1.29 is 0 Å². The van der Waals surface area contributed by atoms with Crippen molar-refractivity contribution in [2.24, 2.45) is 0 Å². The summed E-state index contributed by atoms with van der Waals surface area (Å²) in [5.74, 6) is 0. The molecule has 7 heteroatoms. The van der Waals surface area contributed by atoms with Crippen LogP contribution in [0.25, 0.3) is 0 Å². The summed E-state index contributed by atoms with van der Waals surface area (Å²) in [6, 6.07) is 8.56. The second kappa shape index (κ2) is 6.30. The highest BCUT2D eigenvalue weighted by atomic mass is 33.9. The second-order valence-electron chi connectivity index (χ2n) is 1.95. The molecule has 13 heavy (non-hydrogen) atoms. The third-order valence-corrected chi connectivity index (χ3v) is 14.1. The first-order valence-electron chi connectivity index (χ1n) is 3.24. The minimum atomic E-state index is 1.38. The van der Waals surface area contributed by atoms with Gasteiger partial charge in [-0.1, -0.05) is 12.1 Å². The molecule has 0 saturated carbocycles. The van der Waals surface area contributed by atoms with Crippen LogP contribution in [0.2, 0.25) is 0 Å². The van der Waals surface area contributed by atoms with Gasteiger partial charge in [0.15, 0.2) is 0 Å².